The molecule has 0 unspecified atom stereocenters. The molecule has 19 heavy (non-hydrogen) atoms. The summed E-state index contributed by atoms with van der Waals surface area (Å²) in [5, 5.41) is 0. The number of rotatable bonds is 4. The van der Waals surface area contributed by atoms with E-state index in [4.69, 9.17) is 5.73 Å². The maximum absolute atomic E-state index is 13.8. The Morgan fingerprint density at radius 1 is 1.26 bits per heavy atom. The first kappa shape index (κ1) is 13.5. The van der Waals surface area contributed by atoms with Crippen molar-refractivity contribution in [2.24, 2.45) is 5.73 Å². The predicted molar refractivity (Wildman–Crippen MR) is 75.9 cm³/mol. The van der Waals surface area contributed by atoms with Crippen molar-refractivity contribution >= 4 is 11.5 Å². The molecule has 0 saturated heterocycles. The van der Waals surface area contributed by atoms with Gasteiger partial charge in [0.05, 0.1) is 5.69 Å². The number of hydrogen-bond acceptors (Lipinski definition) is 3. The SMILES string of the molecule is CCN(c1ccc([C@@H](C)N)cn1)c1ccccc1F. The molecule has 0 radical (unpaired) electrons. The minimum Gasteiger partial charge on any atom is -0.324 e. The van der Waals surface area contributed by atoms with Crippen molar-refractivity contribution in [2.75, 3.05) is 11.4 Å². The lowest BCUT2D eigenvalue weighted by Crippen LogP contribution is -2.19. The third kappa shape index (κ3) is 2.90. The summed E-state index contributed by atoms with van der Waals surface area (Å²) in [5.41, 5.74) is 7.29. The number of hydrogen-bond donors (Lipinski definition) is 1. The standard InChI is InChI=1S/C15H18FN3/c1-3-19(14-7-5-4-6-13(14)16)15-9-8-12(10-18-15)11(2)17/h4-11H,3,17H2,1-2H3/t11-/m1/s1. The van der Waals surface area contributed by atoms with E-state index in [1.54, 1.807) is 18.3 Å². The van der Waals surface area contributed by atoms with Gasteiger partial charge in [0.2, 0.25) is 0 Å². The molecule has 1 heterocycles. The second-order valence-electron chi connectivity index (χ2n) is 4.43. The zero-order chi connectivity index (χ0) is 13.8. The summed E-state index contributed by atoms with van der Waals surface area (Å²) in [5.74, 6) is 0.472. The molecule has 1 atom stereocenters. The lowest BCUT2D eigenvalue weighted by Gasteiger charge is -2.22. The molecule has 0 aliphatic rings. The second kappa shape index (κ2) is 5.80. The molecular formula is C15H18FN3. The van der Waals surface area contributed by atoms with Gasteiger partial charge < -0.3 is 10.6 Å². The lowest BCUT2D eigenvalue weighted by atomic mass is 10.1. The van der Waals surface area contributed by atoms with Gasteiger partial charge in [0, 0.05) is 18.8 Å². The van der Waals surface area contributed by atoms with Crippen LogP contribution in [0.3, 0.4) is 0 Å². The number of pyridine rings is 1. The molecule has 100 valence electrons. The predicted octanol–water partition coefficient (Wildman–Crippen LogP) is 3.40. The van der Waals surface area contributed by atoms with Crippen LogP contribution in [0.5, 0.6) is 0 Å². The summed E-state index contributed by atoms with van der Waals surface area (Å²) in [7, 11) is 0. The van der Waals surface area contributed by atoms with Gasteiger partial charge in [-0.1, -0.05) is 18.2 Å². The highest BCUT2D eigenvalue weighted by Gasteiger charge is 2.12. The zero-order valence-corrected chi connectivity index (χ0v) is 11.2. The van der Waals surface area contributed by atoms with Gasteiger partial charge in [0.15, 0.2) is 0 Å². The topological polar surface area (TPSA) is 42.1 Å². The van der Waals surface area contributed by atoms with Crippen molar-refractivity contribution < 1.29 is 4.39 Å². The molecule has 0 bridgehead atoms. The van der Waals surface area contributed by atoms with Gasteiger partial charge in [-0.05, 0) is 37.6 Å². The fraction of sp³-hybridized carbons (Fsp3) is 0.267. The van der Waals surface area contributed by atoms with E-state index in [-0.39, 0.29) is 11.9 Å². The van der Waals surface area contributed by atoms with Crippen LogP contribution >= 0.6 is 0 Å². The fourth-order valence-electron chi connectivity index (χ4n) is 1.95. The number of anilines is 2. The van der Waals surface area contributed by atoms with Crippen molar-refractivity contribution in [3.05, 3.63) is 54.0 Å². The second-order valence-corrected chi connectivity index (χ2v) is 4.43. The number of halogens is 1. The summed E-state index contributed by atoms with van der Waals surface area (Å²) in [6.45, 7) is 4.52. The minimum atomic E-state index is -0.248. The molecule has 3 nitrogen and oxygen atoms in total. The normalized spacial score (nSPS) is 12.2. The van der Waals surface area contributed by atoms with E-state index >= 15 is 0 Å². The van der Waals surface area contributed by atoms with Crippen LogP contribution in [-0.4, -0.2) is 11.5 Å². The van der Waals surface area contributed by atoms with Crippen LogP contribution in [0.25, 0.3) is 0 Å². The van der Waals surface area contributed by atoms with Crippen LogP contribution in [0.1, 0.15) is 25.5 Å². The summed E-state index contributed by atoms with van der Waals surface area (Å²) in [6.07, 6.45) is 1.74. The smallest absolute Gasteiger partial charge is 0.146 e. The monoisotopic (exact) mass is 259 g/mol. The molecule has 0 spiro atoms. The van der Waals surface area contributed by atoms with Crippen LogP contribution < -0.4 is 10.6 Å². The molecule has 0 saturated carbocycles. The summed E-state index contributed by atoms with van der Waals surface area (Å²) in [6, 6.07) is 10.4. The largest absolute Gasteiger partial charge is 0.324 e. The highest BCUT2D eigenvalue weighted by molar-refractivity contribution is 5.60. The molecule has 0 amide bonds. The fourth-order valence-corrected chi connectivity index (χ4v) is 1.95. The average molecular weight is 259 g/mol. The summed E-state index contributed by atoms with van der Waals surface area (Å²) >= 11 is 0. The maximum atomic E-state index is 13.8. The third-order valence-corrected chi connectivity index (χ3v) is 3.03. The van der Waals surface area contributed by atoms with E-state index in [0.717, 1.165) is 11.4 Å². The number of benzene rings is 1. The zero-order valence-electron chi connectivity index (χ0n) is 11.2. The quantitative estimate of drug-likeness (QED) is 0.915. The molecule has 1 aromatic heterocycles. The van der Waals surface area contributed by atoms with Crippen LogP contribution in [-0.2, 0) is 0 Å². The molecule has 1 aromatic carbocycles. The maximum Gasteiger partial charge on any atom is 0.146 e. The summed E-state index contributed by atoms with van der Waals surface area (Å²) in [4.78, 5) is 6.20. The van der Waals surface area contributed by atoms with Gasteiger partial charge in [0.1, 0.15) is 11.6 Å². The van der Waals surface area contributed by atoms with Crippen molar-refractivity contribution in [1.29, 1.82) is 0 Å². The van der Waals surface area contributed by atoms with E-state index in [9.17, 15) is 4.39 Å². The van der Waals surface area contributed by atoms with Crippen molar-refractivity contribution in [1.82, 2.24) is 4.98 Å². The number of nitrogens with zero attached hydrogens (tertiary/aromatic N) is 2. The number of aromatic nitrogens is 1. The van der Waals surface area contributed by atoms with Crippen LogP contribution in [0, 0.1) is 5.82 Å². The van der Waals surface area contributed by atoms with Crippen molar-refractivity contribution in [3.63, 3.8) is 0 Å². The highest BCUT2D eigenvalue weighted by Crippen LogP contribution is 2.26. The van der Waals surface area contributed by atoms with Gasteiger partial charge in [-0.25, -0.2) is 9.37 Å². The van der Waals surface area contributed by atoms with Gasteiger partial charge in [-0.3, -0.25) is 0 Å². The van der Waals surface area contributed by atoms with Crippen LogP contribution in [0.15, 0.2) is 42.6 Å². The molecule has 4 heteroatoms. The lowest BCUT2D eigenvalue weighted by molar-refractivity contribution is 0.625. The molecule has 0 aliphatic heterocycles. The van der Waals surface area contributed by atoms with Crippen LogP contribution in [0.2, 0.25) is 0 Å². The van der Waals surface area contributed by atoms with Crippen LogP contribution in [0.4, 0.5) is 15.9 Å². The van der Waals surface area contributed by atoms with Gasteiger partial charge >= 0.3 is 0 Å². The van der Waals surface area contributed by atoms with E-state index in [2.05, 4.69) is 4.98 Å². The number of nitrogens with two attached hydrogens (primary N) is 1. The minimum absolute atomic E-state index is 0.0508. The first-order valence-electron chi connectivity index (χ1n) is 6.37. The Morgan fingerprint density at radius 2 is 2.00 bits per heavy atom. The Kier molecular flexibility index (Phi) is 4.12. The Balaban J connectivity index is 2.35. The number of para-hydroxylation sites is 1. The average Bonchev–Trinajstić information content (AvgIpc) is 2.42. The first-order chi connectivity index (χ1) is 9.13. The Labute approximate surface area is 112 Å². The molecule has 0 fully saturated rings. The van der Waals surface area contributed by atoms with Gasteiger partial charge in [-0.2, -0.15) is 0 Å². The van der Waals surface area contributed by atoms with E-state index < -0.39 is 0 Å². The molecule has 2 aromatic rings. The van der Waals surface area contributed by atoms with Gasteiger partial charge in [0.25, 0.3) is 0 Å². The summed E-state index contributed by atoms with van der Waals surface area (Å²) < 4.78 is 13.8. The molecule has 2 N–H and O–H groups in total. The molecule has 2 rings (SSSR count). The Hall–Kier alpha value is -1.94. The third-order valence-electron chi connectivity index (χ3n) is 3.03. The van der Waals surface area contributed by atoms with Gasteiger partial charge in [-0.15, -0.1) is 0 Å². The van der Waals surface area contributed by atoms with Crippen molar-refractivity contribution in [3.8, 4) is 0 Å². The Bertz CT molecular complexity index is 537. The first-order valence-corrected chi connectivity index (χ1v) is 6.37. The highest BCUT2D eigenvalue weighted by atomic mass is 19.1. The molecule has 0 aliphatic carbocycles. The van der Waals surface area contributed by atoms with Crippen molar-refractivity contribution in [2.45, 2.75) is 19.9 Å². The molecular weight excluding hydrogens is 241 g/mol. The van der Waals surface area contributed by atoms with E-state index in [1.807, 2.05) is 36.9 Å². The Morgan fingerprint density at radius 3 is 2.53 bits per heavy atom. The van der Waals surface area contributed by atoms with E-state index in [0.29, 0.717) is 12.2 Å². The van der Waals surface area contributed by atoms with E-state index in [1.165, 1.54) is 6.07 Å².